The molecule has 1 heterocycles. The number of carbonyl (C=O) groups is 1. The Hall–Kier alpha value is -3.07. The summed E-state index contributed by atoms with van der Waals surface area (Å²) in [6, 6.07) is 16.1. The van der Waals surface area contributed by atoms with Gasteiger partial charge in [0.1, 0.15) is 5.82 Å². The number of rotatable bonds is 6. The van der Waals surface area contributed by atoms with Crippen molar-refractivity contribution in [1.82, 2.24) is 9.88 Å². The standard InChI is InChI=1S/C21H22N4O3S/c1-25(2)13-20(26)24-17-7-3-15(4-8-17)19-11-16(12-23-21(19)22)14-5-9-18(10-6-14)29(27)28/h3-12H,13H2,1-2H3,(H2,22,23)(H,24,26)(H,27,28). The molecule has 0 aliphatic heterocycles. The van der Waals surface area contributed by atoms with E-state index in [9.17, 15) is 9.00 Å². The van der Waals surface area contributed by atoms with E-state index in [2.05, 4.69) is 10.3 Å². The number of nitrogens with two attached hydrogens (primary N) is 1. The first-order valence-electron chi connectivity index (χ1n) is 8.85. The second-order valence-electron chi connectivity index (χ2n) is 6.79. The van der Waals surface area contributed by atoms with E-state index in [1.165, 1.54) is 0 Å². The molecule has 0 saturated carbocycles. The second-order valence-corrected chi connectivity index (χ2v) is 7.76. The Morgan fingerprint density at radius 1 is 1.07 bits per heavy atom. The van der Waals surface area contributed by atoms with Gasteiger partial charge in [-0.1, -0.05) is 24.3 Å². The van der Waals surface area contributed by atoms with Gasteiger partial charge in [-0.2, -0.15) is 0 Å². The van der Waals surface area contributed by atoms with Crippen molar-refractivity contribution < 1.29 is 13.6 Å². The van der Waals surface area contributed by atoms with Crippen LogP contribution in [0.5, 0.6) is 0 Å². The Bertz CT molecular complexity index is 1030. The fourth-order valence-electron chi connectivity index (χ4n) is 2.85. The molecular weight excluding hydrogens is 388 g/mol. The van der Waals surface area contributed by atoms with Gasteiger partial charge in [-0.05, 0) is 55.6 Å². The molecule has 0 saturated heterocycles. The van der Waals surface area contributed by atoms with Gasteiger partial charge in [-0.25, -0.2) is 9.19 Å². The highest BCUT2D eigenvalue weighted by Crippen LogP contribution is 2.30. The van der Waals surface area contributed by atoms with Crippen LogP contribution in [0.4, 0.5) is 11.5 Å². The van der Waals surface area contributed by atoms with Gasteiger partial charge in [0.05, 0.1) is 11.4 Å². The number of nitrogens with one attached hydrogen (secondary N) is 1. The van der Waals surface area contributed by atoms with E-state index in [4.69, 9.17) is 10.3 Å². The van der Waals surface area contributed by atoms with Crippen molar-refractivity contribution in [3.63, 3.8) is 0 Å². The van der Waals surface area contributed by atoms with Crippen LogP contribution >= 0.6 is 0 Å². The number of benzene rings is 2. The maximum absolute atomic E-state index is 11.9. The highest BCUT2D eigenvalue weighted by Gasteiger charge is 2.09. The van der Waals surface area contributed by atoms with Crippen LogP contribution in [-0.4, -0.2) is 45.2 Å². The third-order valence-corrected chi connectivity index (χ3v) is 4.92. The molecule has 0 aliphatic carbocycles. The molecule has 3 aromatic rings. The molecule has 1 unspecified atom stereocenters. The largest absolute Gasteiger partial charge is 0.383 e. The van der Waals surface area contributed by atoms with Crippen LogP contribution < -0.4 is 11.1 Å². The number of amides is 1. The number of hydrogen-bond donors (Lipinski definition) is 3. The molecule has 8 heteroatoms. The SMILES string of the molecule is CN(C)CC(=O)Nc1ccc(-c2cc(-c3ccc(S(=O)O)cc3)cnc2N)cc1. The van der Waals surface area contributed by atoms with Crippen LogP contribution in [-0.2, 0) is 15.9 Å². The van der Waals surface area contributed by atoms with Crippen molar-refractivity contribution in [3.8, 4) is 22.3 Å². The Kier molecular flexibility index (Phi) is 6.38. The van der Waals surface area contributed by atoms with E-state index in [1.54, 1.807) is 35.4 Å². The molecule has 1 atom stereocenters. The van der Waals surface area contributed by atoms with Crippen molar-refractivity contribution in [3.05, 3.63) is 60.8 Å². The van der Waals surface area contributed by atoms with E-state index in [0.29, 0.717) is 22.9 Å². The molecule has 0 bridgehead atoms. The van der Waals surface area contributed by atoms with Crippen LogP contribution in [0.1, 0.15) is 0 Å². The lowest BCUT2D eigenvalue weighted by molar-refractivity contribution is -0.116. The highest BCUT2D eigenvalue weighted by molar-refractivity contribution is 7.79. The highest BCUT2D eigenvalue weighted by atomic mass is 32.2. The van der Waals surface area contributed by atoms with Gasteiger partial charge in [-0.15, -0.1) is 0 Å². The van der Waals surface area contributed by atoms with Crippen molar-refractivity contribution >= 4 is 28.5 Å². The molecule has 4 N–H and O–H groups in total. The first-order valence-corrected chi connectivity index (χ1v) is 9.96. The Labute approximate surface area is 171 Å². The summed E-state index contributed by atoms with van der Waals surface area (Å²) in [4.78, 5) is 18.3. The van der Waals surface area contributed by atoms with Crippen molar-refractivity contribution in [2.75, 3.05) is 31.7 Å². The number of carbonyl (C=O) groups excluding carboxylic acids is 1. The fourth-order valence-corrected chi connectivity index (χ4v) is 3.22. The fraction of sp³-hybridized carbons (Fsp3) is 0.143. The maximum Gasteiger partial charge on any atom is 0.238 e. The summed E-state index contributed by atoms with van der Waals surface area (Å²) in [7, 11) is 3.67. The lowest BCUT2D eigenvalue weighted by Crippen LogP contribution is -2.27. The molecule has 3 rings (SSSR count). The number of hydrogen-bond acceptors (Lipinski definition) is 5. The predicted molar refractivity (Wildman–Crippen MR) is 116 cm³/mol. The Morgan fingerprint density at radius 2 is 1.69 bits per heavy atom. The van der Waals surface area contributed by atoms with Crippen LogP contribution in [0.15, 0.2) is 65.7 Å². The number of nitrogens with zero attached hydrogens (tertiary/aromatic N) is 2. The summed E-state index contributed by atoms with van der Waals surface area (Å²) in [5, 5.41) is 2.85. The number of nitrogen functional groups attached to an aromatic ring is 1. The summed E-state index contributed by atoms with van der Waals surface area (Å²) < 4.78 is 20.3. The van der Waals surface area contributed by atoms with E-state index in [1.807, 2.05) is 44.4 Å². The average Bonchev–Trinajstić information content (AvgIpc) is 2.68. The molecule has 2 aromatic carbocycles. The molecular formula is C21H22N4O3S. The zero-order chi connectivity index (χ0) is 21.0. The van der Waals surface area contributed by atoms with Gasteiger partial charge in [0.15, 0.2) is 11.1 Å². The van der Waals surface area contributed by atoms with Crippen LogP contribution in [0.25, 0.3) is 22.3 Å². The van der Waals surface area contributed by atoms with Crippen LogP contribution in [0.3, 0.4) is 0 Å². The first-order chi connectivity index (χ1) is 13.8. The molecule has 1 aromatic heterocycles. The first kappa shape index (κ1) is 20.7. The lowest BCUT2D eigenvalue weighted by Gasteiger charge is -2.12. The quantitative estimate of drug-likeness (QED) is 0.539. The van der Waals surface area contributed by atoms with Gasteiger partial charge in [-0.3, -0.25) is 4.79 Å². The molecule has 1 amide bonds. The van der Waals surface area contributed by atoms with Gasteiger partial charge < -0.3 is 20.5 Å². The number of aromatic nitrogens is 1. The number of likely N-dealkylation sites (N-methyl/N-ethyl adjacent to an activating group) is 1. The van der Waals surface area contributed by atoms with Gasteiger partial charge in [0, 0.05) is 23.0 Å². The monoisotopic (exact) mass is 410 g/mol. The zero-order valence-electron chi connectivity index (χ0n) is 16.1. The second kappa shape index (κ2) is 8.95. The minimum atomic E-state index is -2.01. The summed E-state index contributed by atoms with van der Waals surface area (Å²) in [5.74, 6) is 0.310. The summed E-state index contributed by atoms with van der Waals surface area (Å²) in [5.41, 5.74) is 10.1. The smallest absolute Gasteiger partial charge is 0.238 e. The van der Waals surface area contributed by atoms with Crippen molar-refractivity contribution in [2.45, 2.75) is 4.90 Å². The molecule has 0 radical (unpaired) electrons. The molecule has 0 spiro atoms. The molecule has 0 fully saturated rings. The van der Waals surface area contributed by atoms with E-state index in [-0.39, 0.29) is 5.91 Å². The minimum Gasteiger partial charge on any atom is -0.383 e. The zero-order valence-corrected chi connectivity index (χ0v) is 16.9. The van der Waals surface area contributed by atoms with E-state index in [0.717, 1.165) is 22.3 Å². The Morgan fingerprint density at radius 3 is 2.28 bits per heavy atom. The van der Waals surface area contributed by atoms with Crippen LogP contribution in [0, 0.1) is 0 Å². The molecule has 0 aliphatic rings. The molecule has 29 heavy (non-hydrogen) atoms. The van der Waals surface area contributed by atoms with Crippen molar-refractivity contribution in [2.24, 2.45) is 0 Å². The third kappa shape index (κ3) is 5.26. The van der Waals surface area contributed by atoms with E-state index < -0.39 is 11.1 Å². The van der Waals surface area contributed by atoms with Crippen molar-refractivity contribution in [1.29, 1.82) is 0 Å². The number of anilines is 2. The van der Waals surface area contributed by atoms with E-state index >= 15 is 0 Å². The Balaban J connectivity index is 1.84. The lowest BCUT2D eigenvalue weighted by atomic mass is 10.0. The summed E-state index contributed by atoms with van der Waals surface area (Å²) in [6.45, 7) is 0.309. The van der Waals surface area contributed by atoms with Crippen LogP contribution in [0.2, 0.25) is 0 Å². The molecule has 150 valence electrons. The molecule has 7 nitrogen and oxygen atoms in total. The third-order valence-electron chi connectivity index (χ3n) is 4.25. The normalized spacial score (nSPS) is 12.0. The number of pyridine rings is 1. The summed E-state index contributed by atoms with van der Waals surface area (Å²) >= 11 is -2.01. The summed E-state index contributed by atoms with van der Waals surface area (Å²) in [6.07, 6.45) is 1.67. The predicted octanol–water partition coefficient (Wildman–Crippen LogP) is 3.08. The topological polar surface area (TPSA) is 109 Å². The minimum absolute atomic E-state index is 0.0850. The van der Waals surface area contributed by atoms with Gasteiger partial charge in [0.2, 0.25) is 5.91 Å². The average molecular weight is 410 g/mol. The maximum atomic E-state index is 11.9. The van der Waals surface area contributed by atoms with Gasteiger partial charge in [0.25, 0.3) is 0 Å². The van der Waals surface area contributed by atoms with Gasteiger partial charge >= 0.3 is 0 Å².